The lowest BCUT2D eigenvalue weighted by Gasteiger charge is -2.43. The van der Waals surface area contributed by atoms with Crippen LogP contribution in [0.1, 0.15) is 24.1 Å². The first kappa shape index (κ1) is 10.2. The van der Waals surface area contributed by atoms with Crippen LogP contribution in [0.25, 0.3) is 0 Å². The number of carbonyl (C=O) groups excluding carboxylic acids is 1. The van der Waals surface area contributed by atoms with Gasteiger partial charge in [-0.25, -0.2) is 0 Å². The molecule has 0 bridgehead atoms. The fourth-order valence-electron chi connectivity index (χ4n) is 2.05. The van der Waals surface area contributed by atoms with Gasteiger partial charge in [0.05, 0.1) is 6.04 Å². The lowest BCUT2D eigenvalue weighted by Crippen LogP contribution is -2.61. The minimum Gasteiger partial charge on any atom is -0.335 e. The minimum atomic E-state index is -0.359. The third kappa shape index (κ3) is 1.53. The summed E-state index contributed by atoms with van der Waals surface area (Å²) in [5.41, 5.74) is 8.20. The van der Waals surface area contributed by atoms with E-state index in [0.717, 1.165) is 12.0 Å². The summed E-state index contributed by atoms with van der Waals surface area (Å²) in [6.45, 7) is 2.12. The number of nitrogens with two attached hydrogens (primary N) is 1. The number of likely N-dealkylation sites (N-methyl/N-ethyl adjacent to an activating group) is 1. The SMILES string of the molecule is CCc1ccc([C@@H]2[C@@H](N)C(=O)N2C)cc1. The first-order chi connectivity index (χ1) is 7.15. The Morgan fingerprint density at radius 2 is 1.93 bits per heavy atom. The van der Waals surface area contributed by atoms with Gasteiger partial charge in [0.25, 0.3) is 0 Å². The molecule has 1 amide bonds. The number of nitrogens with zero attached hydrogens (tertiary/aromatic N) is 1. The van der Waals surface area contributed by atoms with E-state index in [2.05, 4.69) is 31.2 Å². The molecule has 3 heteroatoms. The molecule has 0 aromatic heterocycles. The fourth-order valence-corrected chi connectivity index (χ4v) is 2.05. The number of likely N-dealkylation sites (tertiary alicyclic amines) is 1. The quantitative estimate of drug-likeness (QED) is 0.733. The van der Waals surface area contributed by atoms with Gasteiger partial charge in [-0.1, -0.05) is 31.2 Å². The van der Waals surface area contributed by atoms with Crippen LogP contribution in [-0.4, -0.2) is 23.9 Å². The Balaban J connectivity index is 2.20. The summed E-state index contributed by atoms with van der Waals surface area (Å²) in [5.74, 6) is 0.0274. The van der Waals surface area contributed by atoms with Gasteiger partial charge in [-0.2, -0.15) is 0 Å². The van der Waals surface area contributed by atoms with Crippen molar-refractivity contribution in [2.45, 2.75) is 25.4 Å². The van der Waals surface area contributed by atoms with Crippen LogP contribution in [0.5, 0.6) is 0 Å². The molecule has 0 spiro atoms. The van der Waals surface area contributed by atoms with Crippen LogP contribution in [-0.2, 0) is 11.2 Å². The summed E-state index contributed by atoms with van der Waals surface area (Å²) in [5, 5.41) is 0. The Labute approximate surface area is 89.9 Å². The Hall–Kier alpha value is -1.35. The number of aryl methyl sites for hydroxylation is 1. The van der Waals surface area contributed by atoms with Crippen LogP contribution in [0.15, 0.2) is 24.3 Å². The second-order valence-electron chi connectivity index (χ2n) is 4.01. The molecule has 1 aliphatic heterocycles. The Morgan fingerprint density at radius 1 is 1.33 bits per heavy atom. The van der Waals surface area contributed by atoms with Crippen molar-refractivity contribution in [3.05, 3.63) is 35.4 Å². The van der Waals surface area contributed by atoms with Gasteiger partial charge in [-0.05, 0) is 17.5 Å². The van der Waals surface area contributed by atoms with Gasteiger partial charge in [-0.15, -0.1) is 0 Å². The summed E-state index contributed by atoms with van der Waals surface area (Å²) in [4.78, 5) is 13.0. The average Bonchev–Trinajstić information content (AvgIpc) is 2.30. The molecule has 0 unspecified atom stereocenters. The van der Waals surface area contributed by atoms with Gasteiger partial charge >= 0.3 is 0 Å². The van der Waals surface area contributed by atoms with E-state index in [1.807, 2.05) is 0 Å². The van der Waals surface area contributed by atoms with Crippen molar-refractivity contribution in [1.82, 2.24) is 4.90 Å². The van der Waals surface area contributed by atoms with E-state index in [4.69, 9.17) is 5.73 Å². The lowest BCUT2D eigenvalue weighted by atomic mass is 9.89. The minimum absolute atomic E-state index is 0.0274. The number of β-lactam (4-membered cyclic amide) rings is 1. The van der Waals surface area contributed by atoms with Crippen molar-refractivity contribution in [1.29, 1.82) is 0 Å². The maximum atomic E-state index is 11.3. The molecule has 80 valence electrons. The smallest absolute Gasteiger partial charge is 0.242 e. The highest BCUT2D eigenvalue weighted by atomic mass is 16.2. The zero-order valence-electron chi connectivity index (χ0n) is 9.10. The van der Waals surface area contributed by atoms with Crippen molar-refractivity contribution in [3.8, 4) is 0 Å². The van der Waals surface area contributed by atoms with Crippen LogP contribution in [0.4, 0.5) is 0 Å². The maximum Gasteiger partial charge on any atom is 0.242 e. The number of benzene rings is 1. The van der Waals surface area contributed by atoms with E-state index in [1.165, 1.54) is 5.56 Å². The van der Waals surface area contributed by atoms with E-state index in [9.17, 15) is 4.79 Å². The van der Waals surface area contributed by atoms with Crippen LogP contribution in [0.3, 0.4) is 0 Å². The molecule has 1 aromatic rings. The van der Waals surface area contributed by atoms with Gasteiger partial charge in [0.15, 0.2) is 0 Å². The fraction of sp³-hybridized carbons (Fsp3) is 0.417. The van der Waals surface area contributed by atoms with Gasteiger partial charge in [0.1, 0.15) is 6.04 Å². The third-order valence-corrected chi connectivity index (χ3v) is 3.12. The molecular weight excluding hydrogens is 188 g/mol. The normalized spacial score (nSPS) is 25.3. The number of carbonyl (C=O) groups is 1. The molecule has 0 radical (unpaired) electrons. The predicted octanol–water partition coefficient (Wildman–Crippen LogP) is 1.09. The molecule has 0 aliphatic carbocycles. The standard InChI is InChI=1S/C12H16N2O/c1-3-8-4-6-9(7-5-8)11-10(13)12(15)14(11)2/h4-7,10-11H,3,13H2,1-2H3/t10-,11-/m1/s1. The highest BCUT2D eigenvalue weighted by Crippen LogP contribution is 2.31. The van der Waals surface area contributed by atoms with Crippen LogP contribution in [0, 0.1) is 0 Å². The molecular formula is C12H16N2O. The second kappa shape index (κ2) is 3.66. The van der Waals surface area contributed by atoms with Gasteiger partial charge in [0, 0.05) is 7.05 Å². The monoisotopic (exact) mass is 204 g/mol. The summed E-state index contributed by atoms with van der Waals surface area (Å²) < 4.78 is 0. The number of hydrogen-bond donors (Lipinski definition) is 1. The van der Waals surface area contributed by atoms with Crippen LogP contribution < -0.4 is 5.73 Å². The topological polar surface area (TPSA) is 46.3 Å². The molecule has 2 rings (SSSR count). The summed E-state index contributed by atoms with van der Waals surface area (Å²) in [7, 11) is 1.80. The van der Waals surface area contributed by atoms with Gasteiger partial charge in [0.2, 0.25) is 5.91 Å². The zero-order chi connectivity index (χ0) is 11.0. The molecule has 1 aliphatic rings. The van der Waals surface area contributed by atoms with Gasteiger partial charge < -0.3 is 10.6 Å². The average molecular weight is 204 g/mol. The first-order valence-corrected chi connectivity index (χ1v) is 5.26. The number of amides is 1. The molecule has 1 fully saturated rings. The molecule has 15 heavy (non-hydrogen) atoms. The first-order valence-electron chi connectivity index (χ1n) is 5.26. The summed E-state index contributed by atoms with van der Waals surface area (Å²) >= 11 is 0. The molecule has 1 saturated heterocycles. The second-order valence-corrected chi connectivity index (χ2v) is 4.01. The van der Waals surface area contributed by atoms with E-state index < -0.39 is 0 Å². The van der Waals surface area contributed by atoms with Crippen molar-refractivity contribution in [3.63, 3.8) is 0 Å². The van der Waals surface area contributed by atoms with Crippen LogP contribution in [0.2, 0.25) is 0 Å². The number of hydrogen-bond acceptors (Lipinski definition) is 2. The Morgan fingerprint density at radius 3 is 2.40 bits per heavy atom. The van der Waals surface area contributed by atoms with Crippen molar-refractivity contribution in [2.75, 3.05) is 7.05 Å². The van der Waals surface area contributed by atoms with E-state index in [0.29, 0.717) is 0 Å². The highest BCUT2D eigenvalue weighted by Gasteiger charge is 2.42. The lowest BCUT2D eigenvalue weighted by molar-refractivity contribution is -0.147. The molecule has 1 aromatic carbocycles. The zero-order valence-corrected chi connectivity index (χ0v) is 9.10. The van der Waals surface area contributed by atoms with E-state index in [-0.39, 0.29) is 18.0 Å². The molecule has 2 atom stereocenters. The third-order valence-electron chi connectivity index (χ3n) is 3.12. The highest BCUT2D eigenvalue weighted by molar-refractivity contribution is 5.89. The Kier molecular flexibility index (Phi) is 2.49. The van der Waals surface area contributed by atoms with Crippen molar-refractivity contribution in [2.24, 2.45) is 5.73 Å². The maximum absolute atomic E-state index is 11.3. The van der Waals surface area contributed by atoms with Crippen molar-refractivity contribution >= 4 is 5.91 Å². The predicted molar refractivity (Wildman–Crippen MR) is 59.3 cm³/mol. The van der Waals surface area contributed by atoms with Crippen molar-refractivity contribution < 1.29 is 4.79 Å². The summed E-state index contributed by atoms with van der Waals surface area (Å²) in [6.07, 6.45) is 1.03. The summed E-state index contributed by atoms with van der Waals surface area (Å²) in [6, 6.07) is 8.02. The largest absolute Gasteiger partial charge is 0.335 e. The van der Waals surface area contributed by atoms with E-state index in [1.54, 1.807) is 11.9 Å². The molecule has 2 N–H and O–H groups in total. The number of rotatable bonds is 2. The van der Waals surface area contributed by atoms with Gasteiger partial charge in [-0.3, -0.25) is 4.79 Å². The molecule has 1 heterocycles. The van der Waals surface area contributed by atoms with E-state index >= 15 is 0 Å². The Bertz CT molecular complexity index is 360. The molecule has 0 saturated carbocycles. The van der Waals surface area contributed by atoms with Crippen LogP contribution >= 0.6 is 0 Å². The molecule has 3 nitrogen and oxygen atoms in total.